The lowest BCUT2D eigenvalue weighted by atomic mass is 10.0. The number of nitrogens with zero attached hydrogens (tertiary/aromatic N) is 1. The highest BCUT2D eigenvalue weighted by Gasteiger charge is 2.12. The predicted octanol–water partition coefficient (Wildman–Crippen LogP) is 3.29. The van der Waals surface area contributed by atoms with Crippen LogP contribution >= 0.6 is 0 Å². The summed E-state index contributed by atoms with van der Waals surface area (Å²) in [7, 11) is 0. The molecule has 0 aliphatic heterocycles. The molecular formula is C20H26N2O3. The fourth-order valence-corrected chi connectivity index (χ4v) is 2.42. The van der Waals surface area contributed by atoms with E-state index in [0.717, 1.165) is 11.1 Å². The van der Waals surface area contributed by atoms with Gasteiger partial charge in [-0.25, -0.2) is 0 Å². The molecular weight excluding hydrogens is 316 g/mol. The van der Waals surface area contributed by atoms with Gasteiger partial charge in [0.15, 0.2) is 0 Å². The van der Waals surface area contributed by atoms with Crippen LogP contribution in [0.3, 0.4) is 0 Å². The van der Waals surface area contributed by atoms with Gasteiger partial charge in [0.25, 0.3) is 0 Å². The molecule has 0 aliphatic rings. The average Bonchev–Trinajstić information content (AvgIpc) is 2.64. The van der Waals surface area contributed by atoms with Gasteiger partial charge in [-0.05, 0) is 30.2 Å². The van der Waals surface area contributed by atoms with Crippen LogP contribution in [-0.2, 0) is 0 Å². The number of aliphatic hydroxyl groups excluding tert-OH is 1. The second kappa shape index (κ2) is 9.20. The second-order valence-corrected chi connectivity index (χ2v) is 6.29. The number of ether oxygens (including phenoxy) is 1. The second-order valence-electron chi connectivity index (χ2n) is 6.29. The van der Waals surface area contributed by atoms with Crippen LogP contribution in [0.5, 0.6) is 5.75 Å². The molecule has 2 rings (SSSR count). The molecule has 134 valence electrons. The Morgan fingerprint density at radius 3 is 2.48 bits per heavy atom. The van der Waals surface area contributed by atoms with Gasteiger partial charge in [0, 0.05) is 18.2 Å². The van der Waals surface area contributed by atoms with Gasteiger partial charge in [0.05, 0.1) is 5.71 Å². The quantitative estimate of drug-likeness (QED) is 0.391. The summed E-state index contributed by atoms with van der Waals surface area (Å²) < 4.78 is 5.83. The smallest absolute Gasteiger partial charge is 0.129 e. The van der Waals surface area contributed by atoms with E-state index in [1.807, 2.05) is 62.4 Å². The van der Waals surface area contributed by atoms with E-state index < -0.39 is 6.10 Å². The van der Waals surface area contributed by atoms with E-state index in [1.54, 1.807) is 6.92 Å². The third-order valence-electron chi connectivity index (χ3n) is 3.82. The van der Waals surface area contributed by atoms with Gasteiger partial charge in [-0.3, -0.25) is 0 Å². The minimum atomic E-state index is -0.623. The van der Waals surface area contributed by atoms with Crippen molar-refractivity contribution in [3.8, 4) is 16.9 Å². The van der Waals surface area contributed by atoms with Gasteiger partial charge in [-0.1, -0.05) is 55.4 Å². The van der Waals surface area contributed by atoms with Gasteiger partial charge in [-0.15, -0.1) is 0 Å². The molecule has 5 nitrogen and oxygen atoms in total. The molecule has 5 heteroatoms. The van der Waals surface area contributed by atoms with Crippen LogP contribution in [0.2, 0.25) is 0 Å². The molecule has 1 atom stereocenters. The van der Waals surface area contributed by atoms with Gasteiger partial charge >= 0.3 is 0 Å². The number of hydrogen-bond donors (Lipinski definition) is 3. The van der Waals surface area contributed by atoms with Gasteiger partial charge in [0.2, 0.25) is 0 Å². The number of rotatable bonds is 8. The first-order chi connectivity index (χ1) is 12.0. The van der Waals surface area contributed by atoms with Crippen LogP contribution in [0, 0.1) is 0 Å². The van der Waals surface area contributed by atoms with Crippen molar-refractivity contribution in [2.75, 3.05) is 13.2 Å². The normalized spacial score (nSPS) is 13.1. The molecule has 3 N–H and O–H groups in total. The van der Waals surface area contributed by atoms with E-state index in [4.69, 9.17) is 9.94 Å². The lowest BCUT2D eigenvalue weighted by molar-refractivity contribution is 0.104. The summed E-state index contributed by atoms with van der Waals surface area (Å²) in [6.07, 6.45) is -0.623. The Morgan fingerprint density at radius 1 is 1.12 bits per heavy atom. The molecule has 2 aromatic carbocycles. The van der Waals surface area contributed by atoms with Gasteiger partial charge in [-0.2, -0.15) is 0 Å². The molecule has 1 unspecified atom stereocenters. The van der Waals surface area contributed by atoms with Crippen LogP contribution < -0.4 is 10.1 Å². The highest BCUT2D eigenvalue weighted by molar-refractivity contribution is 6.01. The summed E-state index contributed by atoms with van der Waals surface area (Å²) in [4.78, 5) is 0. The summed E-state index contributed by atoms with van der Waals surface area (Å²) in [5.41, 5.74) is 3.23. The Labute approximate surface area is 149 Å². The molecule has 0 amide bonds. The van der Waals surface area contributed by atoms with E-state index in [1.165, 1.54) is 0 Å². The van der Waals surface area contributed by atoms with E-state index in [0.29, 0.717) is 29.6 Å². The number of oxime groups is 1. The van der Waals surface area contributed by atoms with Crippen molar-refractivity contribution in [1.82, 2.24) is 5.32 Å². The average molecular weight is 342 g/mol. The van der Waals surface area contributed by atoms with Crippen LogP contribution in [-0.4, -0.2) is 41.3 Å². The Morgan fingerprint density at radius 2 is 1.84 bits per heavy atom. The Bertz CT molecular complexity index is 699. The summed E-state index contributed by atoms with van der Waals surface area (Å²) in [6, 6.07) is 16.0. The molecule has 0 spiro atoms. The van der Waals surface area contributed by atoms with E-state index >= 15 is 0 Å². The van der Waals surface area contributed by atoms with Crippen LogP contribution in [0.25, 0.3) is 11.1 Å². The van der Waals surface area contributed by atoms with Crippen molar-refractivity contribution in [2.24, 2.45) is 5.16 Å². The van der Waals surface area contributed by atoms with Crippen LogP contribution in [0.1, 0.15) is 26.3 Å². The Kier molecular flexibility index (Phi) is 6.98. The lowest BCUT2D eigenvalue weighted by Crippen LogP contribution is -2.35. The lowest BCUT2D eigenvalue weighted by Gasteiger charge is -2.17. The zero-order valence-electron chi connectivity index (χ0n) is 14.9. The van der Waals surface area contributed by atoms with Crippen molar-refractivity contribution in [3.63, 3.8) is 0 Å². The molecule has 0 aliphatic carbocycles. The van der Waals surface area contributed by atoms with Crippen molar-refractivity contribution >= 4 is 5.71 Å². The highest BCUT2D eigenvalue weighted by Crippen LogP contribution is 2.28. The van der Waals surface area contributed by atoms with Crippen LogP contribution in [0.4, 0.5) is 0 Å². The largest absolute Gasteiger partial charge is 0.490 e. The van der Waals surface area contributed by atoms with Gasteiger partial charge < -0.3 is 20.4 Å². The van der Waals surface area contributed by atoms with E-state index in [-0.39, 0.29) is 6.61 Å². The summed E-state index contributed by atoms with van der Waals surface area (Å²) in [5.74, 6) is 0.584. The fraction of sp³-hybridized carbons (Fsp3) is 0.350. The standard InChI is InChI=1S/C20H26N2O3/c1-14(2)21-12-18(23)13-25-20-11-17(16-7-5-4-6-8-16)9-10-19(20)15(3)22-24/h4-11,14,18,21,23-24H,12-13H2,1-3H3. The molecule has 25 heavy (non-hydrogen) atoms. The third kappa shape index (κ3) is 5.59. The molecule has 0 saturated heterocycles. The Balaban J connectivity index is 2.20. The number of aliphatic hydroxyl groups is 1. The minimum Gasteiger partial charge on any atom is -0.490 e. The molecule has 0 fully saturated rings. The first-order valence-electron chi connectivity index (χ1n) is 8.44. The maximum atomic E-state index is 10.1. The topological polar surface area (TPSA) is 74.1 Å². The zero-order valence-corrected chi connectivity index (χ0v) is 14.9. The summed E-state index contributed by atoms with van der Waals surface area (Å²) in [6.45, 7) is 6.37. The SMILES string of the molecule is CC(=NO)c1ccc(-c2ccccc2)cc1OCC(O)CNC(C)C. The Hall–Kier alpha value is -2.37. The molecule has 0 radical (unpaired) electrons. The van der Waals surface area contributed by atoms with Crippen molar-refractivity contribution in [3.05, 3.63) is 54.1 Å². The molecule has 0 heterocycles. The maximum Gasteiger partial charge on any atom is 0.129 e. The molecule has 0 bridgehead atoms. The third-order valence-corrected chi connectivity index (χ3v) is 3.82. The first-order valence-corrected chi connectivity index (χ1v) is 8.44. The predicted molar refractivity (Wildman–Crippen MR) is 101 cm³/mol. The highest BCUT2D eigenvalue weighted by atomic mass is 16.5. The summed E-state index contributed by atoms with van der Waals surface area (Å²) >= 11 is 0. The number of hydrogen-bond acceptors (Lipinski definition) is 5. The molecule has 2 aromatic rings. The van der Waals surface area contributed by atoms with E-state index in [9.17, 15) is 5.11 Å². The molecule has 0 saturated carbocycles. The monoisotopic (exact) mass is 342 g/mol. The summed E-state index contributed by atoms with van der Waals surface area (Å²) in [5, 5.41) is 25.6. The molecule has 0 aromatic heterocycles. The van der Waals surface area contributed by atoms with Crippen molar-refractivity contribution < 1.29 is 15.1 Å². The van der Waals surface area contributed by atoms with Crippen LogP contribution in [0.15, 0.2) is 53.7 Å². The van der Waals surface area contributed by atoms with Gasteiger partial charge in [0.1, 0.15) is 18.5 Å². The van der Waals surface area contributed by atoms with E-state index in [2.05, 4.69) is 10.5 Å². The minimum absolute atomic E-state index is 0.156. The number of benzene rings is 2. The fourth-order valence-electron chi connectivity index (χ4n) is 2.42. The zero-order chi connectivity index (χ0) is 18.2. The number of nitrogens with one attached hydrogen (secondary N) is 1. The first kappa shape index (κ1) is 19.0. The van der Waals surface area contributed by atoms with Crippen molar-refractivity contribution in [1.29, 1.82) is 0 Å². The van der Waals surface area contributed by atoms with Crippen molar-refractivity contribution in [2.45, 2.75) is 32.9 Å². The maximum absolute atomic E-state index is 10.1.